The van der Waals surface area contributed by atoms with E-state index in [0.717, 1.165) is 37.7 Å². The van der Waals surface area contributed by atoms with E-state index >= 15 is 0 Å². The lowest BCUT2D eigenvalue weighted by atomic mass is 10.0. The summed E-state index contributed by atoms with van der Waals surface area (Å²) < 4.78 is 5.65. The highest BCUT2D eigenvalue weighted by Crippen LogP contribution is 2.18. The van der Waals surface area contributed by atoms with Crippen LogP contribution in [0.5, 0.6) is 5.75 Å². The molecule has 0 saturated carbocycles. The van der Waals surface area contributed by atoms with Gasteiger partial charge < -0.3 is 20.3 Å². The number of nitrogens with zero attached hydrogens (tertiary/aromatic N) is 3. The van der Waals surface area contributed by atoms with Gasteiger partial charge in [0.05, 0.1) is 0 Å². The summed E-state index contributed by atoms with van der Waals surface area (Å²) in [7, 11) is 0. The third-order valence-electron chi connectivity index (χ3n) is 5.83. The zero-order chi connectivity index (χ0) is 24.5. The second kappa shape index (κ2) is 12.4. The molecule has 0 spiro atoms. The molecule has 1 atom stereocenters. The van der Waals surface area contributed by atoms with Gasteiger partial charge in [-0.05, 0) is 68.6 Å². The number of para-hydroxylation sites is 1. The van der Waals surface area contributed by atoms with Gasteiger partial charge >= 0.3 is 0 Å². The summed E-state index contributed by atoms with van der Waals surface area (Å²) in [5.74, 6) is 0.960. The van der Waals surface area contributed by atoms with Crippen molar-refractivity contribution in [2.45, 2.75) is 32.8 Å². The van der Waals surface area contributed by atoms with Crippen LogP contribution in [-0.4, -0.2) is 53.1 Å². The molecule has 0 aliphatic carbocycles. The van der Waals surface area contributed by atoms with Crippen LogP contribution in [-0.2, 0) is 6.61 Å². The smallest absolute Gasteiger partial charge is 0.286 e. The number of ether oxygens (including phenoxy) is 1. The summed E-state index contributed by atoms with van der Waals surface area (Å²) in [4.78, 5) is 27.7. The average Bonchev–Trinajstić information content (AvgIpc) is 3.35. The first kappa shape index (κ1) is 24.8. The van der Waals surface area contributed by atoms with Crippen molar-refractivity contribution >= 4 is 28.8 Å². The summed E-state index contributed by atoms with van der Waals surface area (Å²) >= 11 is 1.17. The number of hydrogen-bond acceptors (Lipinski definition) is 7. The van der Waals surface area contributed by atoms with E-state index in [4.69, 9.17) is 4.74 Å². The van der Waals surface area contributed by atoms with Crippen LogP contribution in [0, 0.1) is 5.92 Å². The molecule has 0 bridgehead atoms. The number of carbonyl (C=O) groups excluding carboxylic acids is 2. The second-order valence-corrected chi connectivity index (χ2v) is 9.86. The van der Waals surface area contributed by atoms with E-state index in [2.05, 4.69) is 32.7 Å². The molecule has 4 rings (SSSR count). The Balaban J connectivity index is 1.23. The predicted octanol–water partition coefficient (Wildman–Crippen LogP) is 4.22. The lowest BCUT2D eigenvalue weighted by molar-refractivity contribution is 0.0948. The number of piperidine rings is 1. The molecule has 3 aromatic rings. The number of anilines is 1. The molecule has 8 nitrogen and oxygen atoms in total. The minimum absolute atomic E-state index is 0.149. The Kier molecular flexibility index (Phi) is 8.80. The van der Waals surface area contributed by atoms with Crippen molar-refractivity contribution in [1.29, 1.82) is 0 Å². The fourth-order valence-corrected chi connectivity index (χ4v) is 4.73. The average molecular weight is 494 g/mol. The highest BCUT2D eigenvalue weighted by atomic mass is 32.1. The number of amides is 2. The van der Waals surface area contributed by atoms with E-state index in [1.165, 1.54) is 24.2 Å². The van der Waals surface area contributed by atoms with Crippen molar-refractivity contribution in [2.24, 2.45) is 5.92 Å². The van der Waals surface area contributed by atoms with Crippen LogP contribution < -0.4 is 15.4 Å². The van der Waals surface area contributed by atoms with E-state index < -0.39 is 0 Å². The first-order valence-corrected chi connectivity index (χ1v) is 12.8. The van der Waals surface area contributed by atoms with Gasteiger partial charge in [-0.2, -0.15) is 0 Å². The Morgan fingerprint density at radius 1 is 1.11 bits per heavy atom. The zero-order valence-corrected chi connectivity index (χ0v) is 20.7. The van der Waals surface area contributed by atoms with Gasteiger partial charge in [0.25, 0.3) is 11.8 Å². The highest BCUT2D eigenvalue weighted by Gasteiger charge is 2.16. The molecule has 2 amide bonds. The molecular weight excluding hydrogens is 462 g/mol. The van der Waals surface area contributed by atoms with Crippen LogP contribution >= 0.6 is 11.3 Å². The molecule has 184 valence electrons. The molecule has 1 aliphatic rings. The fraction of sp³-hybridized carbons (Fsp3) is 0.385. The third kappa shape index (κ3) is 7.60. The first-order valence-electron chi connectivity index (χ1n) is 12.0. The normalized spacial score (nSPS) is 16.0. The van der Waals surface area contributed by atoms with Crippen LogP contribution in [0.15, 0.2) is 54.6 Å². The molecule has 2 aromatic carbocycles. The number of benzene rings is 2. The Labute approximate surface area is 209 Å². The van der Waals surface area contributed by atoms with Crippen LogP contribution in [0.2, 0.25) is 0 Å². The lowest BCUT2D eigenvalue weighted by Gasteiger charge is -2.30. The van der Waals surface area contributed by atoms with Crippen molar-refractivity contribution in [3.8, 4) is 5.75 Å². The quantitative estimate of drug-likeness (QED) is 0.411. The van der Waals surface area contributed by atoms with Crippen molar-refractivity contribution in [2.75, 3.05) is 31.5 Å². The van der Waals surface area contributed by atoms with Gasteiger partial charge in [-0.25, -0.2) is 0 Å². The topological polar surface area (TPSA) is 96.5 Å². The van der Waals surface area contributed by atoms with Gasteiger partial charge in [-0.15, -0.1) is 10.2 Å². The van der Waals surface area contributed by atoms with Crippen molar-refractivity contribution in [3.05, 3.63) is 70.2 Å². The SMILES string of the molecule is C[C@@H]1CCCN(CCCNC(=O)c2cccc(NC(=O)c3nnc(COc4ccccc4)s3)c2)C1. The maximum absolute atomic E-state index is 12.6. The number of rotatable bonds is 10. The summed E-state index contributed by atoms with van der Waals surface area (Å²) in [5, 5.41) is 14.6. The lowest BCUT2D eigenvalue weighted by Crippen LogP contribution is -2.36. The predicted molar refractivity (Wildman–Crippen MR) is 137 cm³/mol. The van der Waals surface area contributed by atoms with E-state index in [-0.39, 0.29) is 23.4 Å². The first-order chi connectivity index (χ1) is 17.1. The van der Waals surface area contributed by atoms with Gasteiger partial charge in [-0.1, -0.05) is 42.5 Å². The van der Waals surface area contributed by atoms with Crippen molar-refractivity contribution < 1.29 is 14.3 Å². The summed E-state index contributed by atoms with van der Waals surface area (Å²) in [6.45, 7) is 6.45. The van der Waals surface area contributed by atoms with Gasteiger partial charge in [0, 0.05) is 24.3 Å². The monoisotopic (exact) mass is 493 g/mol. The Hall–Kier alpha value is -3.30. The molecule has 1 aromatic heterocycles. The number of hydrogen-bond donors (Lipinski definition) is 2. The van der Waals surface area contributed by atoms with Gasteiger partial charge in [0.2, 0.25) is 5.01 Å². The maximum atomic E-state index is 12.6. The maximum Gasteiger partial charge on any atom is 0.286 e. The molecule has 0 unspecified atom stereocenters. The van der Waals surface area contributed by atoms with E-state index in [9.17, 15) is 9.59 Å². The second-order valence-electron chi connectivity index (χ2n) is 8.80. The van der Waals surface area contributed by atoms with E-state index in [1.54, 1.807) is 24.3 Å². The zero-order valence-electron chi connectivity index (χ0n) is 19.9. The van der Waals surface area contributed by atoms with Crippen LogP contribution in [0.25, 0.3) is 0 Å². The van der Waals surface area contributed by atoms with E-state index in [0.29, 0.717) is 22.8 Å². The van der Waals surface area contributed by atoms with Crippen LogP contribution in [0.3, 0.4) is 0 Å². The Bertz CT molecular complexity index is 1120. The van der Waals surface area contributed by atoms with Gasteiger partial charge in [0.15, 0.2) is 5.01 Å². The molecule has 1 aliphatic heterocycles. The minimum Gasteiger partial charge on any atom is -0.486 e. The molecule has 2 heterocycles. The molecule has 35 heavy (non-hydrogen) atoms. The molecule has 0 radical (unpaired) electrons. The molecule has 1 saturated heterocycles. The largest absolute Gasteiger partial charge is 0.486 e. The summed E-state index contributed by atoms with van der Waals surface area (Å²) in [6.07, 6.45) is 3.48. The van der Waals surface area contributed by atoms with Crippen molar-refractivity contribution in [3.63, 3.8) is 0 Å². The minimum atomic E-state index is -0.373. The standard InChI is InChI=1S/C26H31N5O3S/c1-19-8-6-14-31(17-19)15-7-13-27-24(32)20-9-5-10-21(16-20)28-25(33)26-30-29-23(35-26)18-34-22-11-3-2-4-12-22/h2-5,9-12,16,19H,6-8,13-15,17-18H2,1H3,(H,27,32)(H,28,33)/t19-/m1/s1. The molecule has 9 heteroatoms. The highest BCUT2D eigenvalue weighted by molar-refractivity contribution is 7.13. The van der Waals surface area contributed by atoms with Crippen LogP contribution in [0.1, 0.15) is 51.4 Å². The van der Waals surface area contributed by atoms with E-state index in [1.807, 2.05) is 30.3 Å². The van der Waals surface area contributed by atoms with Gasteiger partial charge in [0.1, 0.15) is 12.4 Å². The van der Waals surface area contributed by atoms with Gasteiger partial charge in [-0.3, -0.25) is 9.59 Å². The Morgan fingerprint density at radius 3 is 2.80 bits per heavy atom. The number of aromatic nitrogens is 2. The Morgan fingerprint density at radius 2 is 1.97 bits per heavy atom. The molecular formula is C26H31N5O3S. The summed E-state index contributed by atoms with van der Waals surface area (Å²) in [5.41, 5.74) is 1.03. The summed E-state index contributed by atoms with van der Waals surface area (Å²) in [6, 6.07) is 16.3. The van der Waals surface area contributed by atoms with Crippen molar-refractivity contribution in [1.82, 2.24) is 20.4 Å². The third-order valence-corrected chi connectivity index (χ3v) is 6.72. The van der Waals surface area contributed by atoms with Crippen LogP contribution in [0.4, 0.5) is 5.69 Å². The fourth-order valence-electron chi connectivity index (χ4n) is 4.08. The molecule has 2 N–H and O–H groups in total. The number of nitrogens with one attached hydrogen (secondary N) is 2. The number of likely N-dealkylation sites (tertiary alicyclic amines) is 1. The molecule has 1 fully saturated rings. The number of carbonyl (C=O) groups is 2.